The fourth-order valence-electron chi connectivity index (χ4n) is 2.14. The number of hydrogen-bond acceptors (Lipinski definition) is 2. The van der Waals surface area contributed by atoms with E-state index in [0.29, 0.717) is 5.92 Å². The first-order valence-corrected chi connectivity index (χ1v) is 5.04. The zero-order valence-corrected chi connectivity index (χ0v) is 7.74. The molecule has 3 heteroatoms. The number of nitrogens with zero attached hydrogens (tertiary/aromatic N) is 1. The summed E-state index contributed by atoms with van der Waals surface area (Å²) in [5, 5.41) is 16.6. The third-order valence-electron chi connectivity index (χ3n) is 2.93. The third kappa shape index (κ3) is 1.91. The van der Waals surface area contributed by atoms with Crippen LogP contribution in [0.3, 0.4) is 0 Å². The van der Waals surface area contributed by atoms with Gasteiger partial charge >= 0.3 is 0 Å². The molecule has 13 heavy (non-hydrogen) atoms. The number of nitrogens with one attached hydrogen (secondary N) is 1. The highest BCUT2D eigenvalue weighted by Gasteiger charge is 2.23. The van der Waals surface area contributed by atoms with Crippen LogP contribution in [0.25, 0.3) is 0 Å². The lowest BCUT2D eigenvalue weighted by Crippen LogP contribution is -2.16. The van der Waals surface area contributed by atoms with Gasteiger partial charge in [-0.25, -0.2) is 0 Å². The highest BCUT2D eigenvalue weighted by atomic mass is 16.3. The number of aromatic nitrogens is 2. The second-order valence-electron chi connectivity index (χ2n) is 3.84. The molecule has 2 N–H and O–H groups in total. The largest absolute Gasteiger partial charge is 0.392 e. The Morgan fingerprint density at radius 2 is 2.15 bits per heavy atom. The smallest absolute Gasteiger partial charge is 0.0609 e. The van der Waals surface area contributed by atoms with E-state index in [1.165, 1.54) is 12.8 Å². The first-order valence-electron chi connectivity index (χ1n) is 5.04. The maximum atomic E-state index is 9.88. The minimum Gasteiger partial charge on any atom is -0.392 e. The summed E-state index contributed by atoms with van der Waals surface area (Å²) < 4.78 is 0. The summed E-state index contributed by atoms with van der Waals surface area (Å²) in [5.41, 5.74) is 1.16. The summed E-state index contributed by atoms with van der Waals surface area (Å²) in [6.45, 7) is 0. The van der Waals surface area contributed by atoms with Gasteiger partial charge < -0.3 is 5.11 Å². The summed E-state index contributed by atoms with van der Waals surface area (Å²) in [5.74, 6) is 0.307. The molecule has 0 radical (unpaired) electrons. The van der Waals surface area contributed by atoms with Gasteiger partial charge in [-0.05, 0) is 18.4 Å². The first kappa shape index (κ1) is 8.75. The number of rotatable bonds is 1. The molecular formula is C10H16N2O. The molecule has 0 saturated heterocycles. The van der Waals surface area contributed by atoms with Crippen molar-refractivity contribution in [3.63, 3.8) is 0 Å². The molecule has 1 aromatic heterocycles. The molecule has 1 aromatic rings. The molecule has 0 spiro atoms. The molecule has 2 rings (SSSR count). The third-order valence-corrected chi connectivity index (χ3v) is 2.93. The minimum absolute atomic E-state index is 0.167. The quantitative estimate of drug-likeness (QED) is 0.648. The molecule has 72 valence electrons. The Bertz CT molecular complexity index is 245. The highest BCUT2D eigenvalue weighted by molar-refractivity contribution is 5.12. The molecule has 2 unspecified atom stereocenters. The molecule has 2 atom stereocenters. The first-order chi connectivity index (χ1) is 6.38. The van der Waals surface area contributed by atoms with Gasteiger partial charge in [0, 0.05) is 12.1 Å². The predicted molar refractivity (Wildman–Crippen MR) is 50.4 cm³/mol. The SMILES string of the molecule is OC1CCCCCC1c1cn[nH]c1. The number of H-pyrrole nitrogens is 1. The zero-order valence-electron chi connectivity index (χ0n) is 7.74. The molecule has 0 aromatic carbocycles. The van der Waals surface area contributed by atoms with E-state index in [1.54, 1.807) is 0 Å². The van der Waals surface area contributed by atoms with Crippen LogP contribution in [0.15, 0.2) is 12.4 Å². The Morgan fingerprint density at radius 1 is 1.31 bits per heavy atom. The fourth-order valence-corrected chi connectivity index (χ4v) is 2.14. The molecule has 1 heterocycles. The van der Waals surface area contributed by atoms with Crippen molar-refractivity contribution in [2.24, 2.45) is 0 Å². The van der Waals surface area contributed by atoms with Crippen LogP contribution < -0.4 is 0 Å². The van der Waals surface area contributed by atoms with Crippen molar-refractivity contribution >= 4 is 0 Å². The van der Waals surface area contributed by atoms with Crippen molar-refractivity contribution in [3.8, 4) is 0 Å². The van der Waals surface area contributed by atoms with E-state index in [1.807, 2.05) is 12.4 Å². The van der Waals surface area contributed by atoms with Crippen molar-refractivity contribution in [3.05, 3.63) is 18.0 Å². The predicted octanol–water partition coefficient (Wildman–Crippen LogP) is 1.82. The van der Waals surface area contributed by atoms with Crippen molar-refractivity contribution in [1.29, 1.82) is 0 Å². The van der Waals surface area contributed by atoms with Crippen LogP contribution in [0.1, 0.15) is 43.6 Å². The van der Waals surface area contributed by atoms with Gasteiger partial charge in [-0.2, -0.15) is 5.10 Å². The summed E-state index contributed by atoms with van der Waals surface area (Å²) in [6.07, 6.45) is 9.25. The van der Waals surface area contributed by atoms with Crippen LogP contribution in [0, 0.1) is 0 Å². The lowest BCUT2D eigenvalue weighted by Gasteiger charge is -2.18. The van der Waals surface area contributed by atoms with Crippen LogP contribution in [0.5, 0.6) is 0 Å². The summed E-state index contributed by atoms with van der Waals surface area (Å²) in [7, 11) is 0. The lowest BCUT2D eigenvalue weighted by atomic mass is 9.92. The van der Waals surface area contributed by atoms with Crippen molar-refractivity contribution in [2.75, 3.05) is 0 Å². The molecule has 1 aliphatic carbocycles. The van der Waals surface area contributed by atoms with E-state index >= 15 is 0 Å². The van der Waals surface area contributed by atoms with Gasteiger partial charge in [0.05, 0.1) is 12.3 Å². The van der Waals surface area contributed by atoms with Crippen LogP contribution in [-0.2, 0) is 0 Å². The van der Waals surface area contributed by atoms with Gasteiger partial charge in [-0.3, -0.25) is 5.10 Å². The summed E-state index contributed by atoms with van der Waals surface area (Å²) in [4.78, 5) is 0. The average Bonchev–Trinajstić information content (AvgIpc) is 2.56. The second-order valence-corrected chi connectivity index (χ2v) is 3.84. The van der Waals surface area contributed by atoms with E-state index in [4.69, 9.17) is 0 Å². The number of aliphatic hydroxyl groups excluding tert-OH is 1. The van der Waals surface area contributed by atoms with E-state index < -0.39 is 0 Å². The van der Waals surface area contributed by atoms with E-state index in [0.717, 1.165) is 24.8 Å². The van der Waals surface area contributed by atoms with Gasteiger partial charge in [0.1, 0.15) is 0 Å². The van der Waals surface area contributed by atoms with Gasteiger partial charge in [-0.1, -0.05) is 19.3 Å². The molecule has 0 amide bonds. The molecule has 1 saturated carbocycles. The van der Waals surface area contributed by atoms with Crippen molar-refractivity contribution < 1.29 is 5.11 Å². The van der Waals surface area contributed by atoms with E-state index in [2.05, 4.69) is 10.2 Å². The Morgan fingerprint density at radius 3 is 2.92 bits per heavy atom. The molecule has 3 nitrogen and oxygen atoms in total. The van der Waals surface area contributed by atoms with Crippen LogP contribution in [-0.4, -0.2) is 21.4 Å². The lowest BCUT2D eigenvalue weighted by molar-refractivity contribution is 0.135. The van der Waals surface area contributed by atoms with E-state index in [9.17, 15) is 5.11 Å². The molecule has 0 bridgehead atoms. The number of aliphatic hydroxyl groups is 1. The summed E-state index contributed by atoms with van der Waals surface area (Å²) in [6, 6.07) is 0. The second kappa shape index (κ2) is 3.92. The number of aromatic amines is 1. The van der Waals surface area contributed by atoms with Crippen molar-refractivity contribution in [2.45, 2.75) is 44.1 Å². The molecule has 0 aliphatic heterocycles. The van der Waals surface area contributed by atoms with Gasteiger partial charge in [-0.15, -0.1) is 0 Å². The van der Waals surface area contributed by atoms with Gasteiger partial charge in [0.25, 0.3) is 0 Å². The molecule has 1 aliphatic rings. The van der Waals surface area contributed by atoms with Crippen LogP contribution >= 0.6 is 0 Å². The highest BCUT2D eigenvalue weighted by Crippen LogP contribution is 2.31. The Kier molecular flexibility index (Phi) is 2.64. The zero-order chi connectivity index (χ0) is 9.10. The fraction of sp³-hybridized carbons (Fsp3) is 0.700. The number of hydrogen-bond donors (Lipinski definition) is 2. The maximum absolute atomic E-state index is 9.88. The molecular weight excluding hydrogens is 164 g/mol. The van der Waals surface area contributed by atoms with Crippen molar-refractivity contribution in [1.82, 2.24) is 10.2 Å². The normalized spacial score (nSPS) is 29.9. The van der Waals surface area contributed by atoms with Gasteiger partial charge in [0.15, 0.2) is 0 Å². The van der Waals surface area contributed by atoms with E-state index in [-0.39, 0.29) is 6.10 Å². The Balaban J connectivity index is 2.11. The minimum atomic E-state index is -0.167. The molecule has 1 fully saturated rings. The monoisotopic (exact) mass is 180 g/mol. The van der Waals surface area contributed by atoms with Gasteiger partial charge in [0.2, 0.25) is 0 Å². The maximum Gasteiger partial charge on any atom is 0.0609 e. The topological polar surface area (TPSA) is 48.9 Å². The van der Waals surface area contributed by atoms with Crippen LogP contribution in [0.2, 0.25) is 0 Å². The Labute approximate surface area is 78.2 Å². The average molecular weight is 180 g/mol. The van der Waals surface area contributed by atoms with Crippen LogP contribution in [0.4, 0.5) is 0 Å². The summed E-state index contributed by atoms with van der Waals surface area (Å²) >= 11 is 0. The standard InChI is InChI=1S/C10H16N2O/c13-10-5-3-1-2-4-9(10)8-6-11-12-7-8/h6-7,9-10,13H,1-5H2,(H,11,12). The Hall–Kier alpha value is -0.830.